The molecule has 2 heteroatoms. The molecule has 0 aromatic heterocycles. The van der Waals surface area contributed by atoms with Crippen molar-refractivity contribution in [1.29, 1.82) is 0 Å². The van der Waals surface area contributed by atoms with Crippen LogP contribution in [0.1, 0.15) is 72.6 Å². The molecule has 108 valence electrons. The van der Waals surface area contributed by atoms with Crippen LogP contribution in [-0.4, -0.2) is 11.6 Å². The van der Waals surface area contributed by atoms with Crippen LogP contribution in [0.2, 0.25) is 0 Å². The number of ketones is 2. The predicted octanol–water partition coefficient (Wildman–Crippen LogP) is 4.17. The van der Waals surface area contributed by atoms with Gasteiger partial charge in [-0.3, -0.25) is 4.79 Å². The number of rotatable bonds is 3. The van der Waals surface area contributed by atoms with E-state index in [0.717, 1.165) is 32.1 Å². The van der Waals surface area contributed by atoms with E-state index in [4.69, 9.17) is 0 Å². The molecular formula is C17H28O2. The largest absolute Gasteiger partial charge is 0.300 e. The third-order valence-electron chi connectivity index (χ3n) is 6.34. The van der Waals surface area contributed by atoms with Crippen molar-refractivity contribution >= 4 is 11.6 Å². The molecule has 2 saturated carbocycles. The normalized spacial score (nSPS) is 42.8. The molecule has 0 amide bonds. The van der Waals surface area contributed by atoms with Crippen LogP contribution in [0.5, 0.6) is 0 Å². The van der Waals surface area contributed by atoms with Crippen LogP contribution in [0.4, 0.5) is 0 Å². The first kappa shape index (κ1) is 14.7. The summed E-state index contributed by atoms with van der Waals surface area (Å²) in [6.07, 6.45) is 6.78. The number of carbonyl (C=O) groups is 2. The van der Waals surface area contributed by atoms with E-state index in [1.165, 1.54) is 6.42 Å². The Kier molecular flexibility index (Phi) is 3.90. The Morgan fingerprint density at radius 1 is 1.32 bits per heavy atom. The maximum atomic E-state index is 12.4. The van der Waals surface area contributed by atoms with E-state index in [0.29, 0.717) is 24.0 Å². The zero-order valence-electron chi connectivity index (χ0n) is 12.9. The minimum Gasteiger partial charge on any atom is -0.300 e. The highest BCUT2D eigenvalue weighted by Crippen LogP contribution is 2.60. The van der Waals surface area contributed by atoms with E-state index in [2.05, 4.69) is 20.8 Å². The second kappa shape index (κ2) is 5.03. The van der Waals surface area contributed by atoms with Crippen molar-refractivity contribution in [1.82, 2.24) is 0 Å². The molecule has 0 spiro atoms. The molecule has 0 aromatic carbocycles. The van der Waals surface area contributed by atoms with Crippen molar-refractivity contribution < 1.29 is 9.59 Å². The maximum absolute atomic E-state index is 12.4. The second-order valence-electron chi connectivity index (χ2n) is 7.43. The van der Waals surface area contributed by atoms with Gasteiger partial charge in [-0.2, -0.15) is 0 Å². The fourth-order valence-corrected chi connectivity index (χ4v) is 4.69. The summed E-state index contributed by atoms with van der Waals surface area (Å²) in [5, 5.41) is 0. The van der Waals surface area contributed by atoms with Crippen molar-refractivity contribution in [3.63, 3.8) is 0 Å². The summed E-state index contributed by atoms with van der Waals surface area (Å²) in [5.74, 6) is 1.85. The van der Waals surface area contributed by atoms with Crippen molar-refractivity contribution in [3.05, 3.63) is 0 Å². The minimum atomic E-state index is -0.115. The summed E-state index contributed by atoms with van der Waals surface area (Å²) in [6.45, 7) is 8.53. The summed E-state index contributed by atoms with van der Waals surface area (Å²) >= 11 is 0. The topological polar surface area (TPSA) is 34.1 Å². The molecule has 0 aromatic rings. The Hall–Kier alpha value is -0.660. The quantitative estimate of drug-likeness (QED) is 0.766. The van der Waals surface area contributed by atoms with Crippen LogP contribution >= 0.6 is 0 Å². The van der Waals surface area contributed by atoms with Crippen molar-refractivity contribution in [2.75, 3.05) is 0 Å². The first-order chi connectivity index (χ1) is 8.80. The van der Waals surface area contributed by atoms with Crippen LogP contribution in [0, 0.1) is 22.7 Å². The smallest absolute Gasteiger partial charge is 0.139 e. The highest BCUT2D eigenvalue weighted by molar-refractivity contribution is 5.85. The van der Waals surface area contributed by atoms with Crippen LogP contribution in [0.25, 0.3) is 0 Å². The fourth-order valence-electron chi connectivity index (χ4n) is 4.69. The van der Waals surface area contributed by atoms with Gasteiger partial charge >= 0.3 is 0 Å². The van der Waals surface area contributed by atoms with E-state index in [1.54, 1.807) is 6.92 Å². The molecular weight excluding hydrogens is 236 g/mol. The van der Waals surface area contributed by atoms with E-state index in [9.17, 15) is 9.59 Å². The zero-order chi connectivity index (χ0) is 14.3. The van der Waals surface area contributed by atoms with Crippen LogP contribution in [0.15, 0.2) is 0 Å². The Labute approximate surface area is 117 Å². The molecule has 2 aliphatic rings. The van der Waals surface area contributed by atoms with Gasteiger partial charge < -0.3 is 4.79 Å². The Bertz CT molecular complexity index is 387. The van der Waals surface area contributed by atoms with E-state index < -0.39 is 0 Å². The average Bonchev–Trinajstić information content (AvgIpc) is 2.35. The van der Waals surface area contributed by atoms with E-state index >= 15 is 0 Å². The third-order valence-corrected chi connectivity index (χ3v) is 6.34. The summed E-state index contributed by atoms with van der Waals surface area (Å²) < 4.78 is 0. The number of hydrogen-bond acceptors (Lipinski definition) is 2. The van der Waals surface area contributed by atoms with Gasteiger partial charge in [-0.25, -0.2) is 0 Å². The molecule has 0 N–H and O–H groups in total. The van der Waals surface area contributed by atoms with Gasteiger partial charge in [0, 0.05) is 18.3 Å². The lowest BCUT2D eigenvalue weighted by atomic mass is 9.47. The summed E-state index contributed by atoms with van der Waals surface area (Å²) in [6, 6.07) is 0. The van der Waals surface area contributed by atoms with Crippen molar-refractivity contribution in [2.45, 2.75) is 72.6 Å². The minimum absolute atomic E-state index is 0.115. The SMILES string of the molecule is CC(=O)CC[C@]1(C)[C@@H](C)CC[C@]2(C)C(=O)CCC[C@@H]12. The summed E-state index contributed by atoms with van der Waals surface area (Å²) in [5.41, 5.74) is 0.0467. The second-order valence-corrected chi connectivity index (χ2v) is 7.43. The highest BCUT2D eigenvalue weighted by atomic mass is 16.1. The summed E-state index contributed by atoms with van der Waals surface area (Å²) in [4.78, 5) is 23.8. The Morgan fingerprint density at radius 3 is 2.63 bits per heavy atom. The first-order valence-electron chi connectivity index (χ1n) is 7.83. The van der Waals surface area contributed by atoms with Gasteiger partial charge in [0.25, 0.3) is 0 Å². The molecule has 4 atom stereocenters. The first-order valence-corrected chi connectivity index (χ1v) is 7.83. The molecule has 2 fully saturated rings. The molecule has 2 nitrogen and oxygen atoms in total. The van der Waals surface area contributed by atoms with Gasteiger partial charge in [0.1, 0.15) is 11.6 Å². The lowest BCUT2D eigenvalue weighted by Crippen LogP contribution is -2.53. The van der Waals surface area contributed by atoms with E-state index in [-0.39, 0.29) is 16.6 Å². The number of carbonyl (C=O) groups excluding carboxylic acids is 2. The zero-order valence-corrected chi connectivity index (χ0v) is 12.9. The monoisotopic (exact) mass is 264 g/mol. The molecule has 2 rings (SSSR count). The number of fused-ring (bicyclic) bond motifs is 1. The van der Waals surface area contributed by atoms with Gasteiger partial charge in [-0.1, -0.05) is 20.8 Å². The molecule has 19 heavy (non-hydrogen) atoms. The molecule has 0 unspecified atom stereocenters. The Morgan fingerprint density at radius 2 is 2.00 bits per heavy atom. The lowest BCUT2D eigenvalue weighted by molar-refractivity contribution is -0.149. The van der Waals surface area contributed by atoms with Crippen molar-refractivity contribution in [2.24, 2.45) is 22.7 Å². The highest BCUT2D eigenvalue weighted by Gasteiger charge is 2.55. The molecule has 2 aliphatic carbocycles. The molecule has 0 saturated heterocycles. The van der Waals surface area contributed by atoms with Crippen LogP contribution in [-0.2, 0) is 9.59 Å². The molecule has 0 radical (unpaired) electrons. The predicted molar refractivity (Wildman–Crippen MR) is 76.9 cm³/mol. The van der Waals surface area contributed by atoms with Gasteiger partial charge in [-0.15, -0.1) is 0 Å². The summed E-state index contributed by atoms with van der Waals surface area (Å²) in [7, 11) is 0. The lowest BCUT2D eigenvalue weighted by Gasteiger charge is -2.57. The van der Waals surface area contributed by atoms with Gasteiger partial charge in [-0.05, 0) is 56.3 Å². The number of hydrogen-bond donors (Lipinski definition) is 0. The fraction of sp³-hybridized carbons (Fsp3) is 0.882. The maximum Gasteiger partial charge on any atom is 0.139 e. The molecule has 0 heterocycles. The molecule has 0 aliphatic heterocycles. The molecule has 0 bridgehead atoms. The standard InChI is InChI=1S/C17H28O2/c1-12-8-10-17(4)14(6-5-7-15(17)19)16(12,3)11-9-13(2)18/h12,14H,5-11H2,1-4H3/t12-,14-,16+,17-/m0/s1. The Balaban J connectivity index is 2.28. The van der Waals surface area contributed by atoms with Crippen LogP contribution < -0.4 is 0 Å². The van der Waals surface area contributed by atoms with Crippen molar-refractivity contribution in [3.8, 4) is 0 Å². The van der Waals surface area contributed by atoms with E-state index in [1.807, 2.05) is 0 Å². The van der Waals surface area contributed by atoms with Gasteiger partial charge in [0.2, 0.25) is 0 Å². The third kappa shape index (κ3) is 2.39. The van der Waals surface area contributed by atoms with Crippen LogP contribution in [0.3, 0.4) is 0 Å². The van der Waals surface area contributed by atoms with Gasteiger partial charge in [0.05, 0.1) is 0 Å². The number of Topliss-reactive ketones (excluding diaryl/α,β-unsaturated/α-hetero) is 2. The van der Waals surface area contributed by atoms with Gasteiger partial charge in [0.15, 0.2) is 0 Å². The average molecular weight is 264 g/mol.